The average molecular weight is 225 g/mol. The molecule has 15 heavy (non-hydrogen) atoms. The van der Waals surface area contributed by atoms with Gasteiger partial charge in [0, 0.05) is 5.75 Å². The van der Waals surface area contributed by atoms with Crippen LogP contribution in [0.25, 0.3) is 0 Å². The molecule has 2 atom stereocenters. The van der Waals surface area contributed by atoms with E-state index >= 15 is 0 Å². The lowest BCUT2D eigenvalue weighted by molar-refractivity contribution is 0.438. The van der Waals surface area contributed by atoms with E-state index in [4.69, 9.17) is 5.73 Å². The van der Waals surface area contributed by atoms with E-state index in [-0.39, 0.29) is 5.82 Å². The third-order valence-corrected chi connectivity index (χ3v) is 4.20. The van der Waals surface area contributed by atoms with E-state index in [0.29, 0.717) is 18.4 Å². The third-order valence-electron chi connectivity index (χ3n) is 3.08. The molecule has 1 aliphatic rings. The van der Waals surface area contributed by atoms with E-state index in [0.717, 1.165) is 17.7 Å². The Morgan fingerprint density at radius 2 is 2.33 bits per heavy atom. The summed E-state index contributed by atoms with van der Waals surface area (Å²) in [5.74, 6) is 3.08. The van der Waals surface area contributed by atoms with E-state index in [1.54, 1.807) is 12.1 Å². The van der Waals surface area contributed by atoms with Gasteiger partial charge in [-0.15, -0.1) is 0 Å². The van der Waals surface area contributed by atoms with Crippen molar-refractivity contribution in [3.8, 4) is 0 Å². The standard InChI is InChI=1S/C12H16FNS/c13-11-3-1-2-9(6-11)12-8-15-5-4-10(12)7-14/h1-3,6,10,12H,4-5,7-8,14H2. The molecule has 1 heterocycles. The van der Waals surface area contributed by atoms with Gasteiger partial charge in [-0.2, -0.15) is 11.8 Å². The van der Waals surface area contributed by atoms with Gasteiger partial charge >= 0.3 is 0 Å². The van der Waals surface area contributed by atoms with Crippen molar-refractivity contribution in [1.82, 2.24) is 0 Å². The van der Waals surface area contributed by atoms with Crippen molar-refractivity contribution in [2.45, 2.75) is 12.3 Å². The highest BCUT2D eigenvalue weighted by molar-refractivity contribution is 7.99. The Bertz CT molecular complexity index is 329. The number of hydrogen-bond acceptors (Lipinski definition) is 2. The average Bonchev–Trinajstić information content (AvgIpc) is 2.29. The van der Waals surface area contributed by atoms with Crippen molar-refractivity contribution >= 4 is 11.8 Å². The maximum absolute atomic E-state index is 13.1. The number of benzene rings is 1. The second-order valence-corrected chi connectivity index (χ2v) is 5.17. The van der Waals surface area contributed by atoms with Gasteiger partial charge in [0.25, 0.3) is 0 Å². The first-order chi connectivity index (χ1) is 7.31. The van der Waals surface area contributed by atoms with Gasteiger partial charge in [0.15, 0.2) is 0 Å². The number of hydrogen-bond donors (Lipinski definition) is 1. The molecule has 2 unspecified atom stereocenters. The van der Waals surface area contributed by atoms with E-state index in [9.17, 15) is 4.39 Å². The first-order valence-electron chi connectivity index (χ1n) is 5.34. The number of rotatable bonds is 2. The molecule has 1 aromatic rings. The first-order valence-corrected chi connectivity index (χ1v) is 6.50. The van der Waals surface area contributed by atoms with Gasteiger partial charge in [0.2, 0.25) is 0 Å². The lowest BCUT2D eigenvalue weighted by Gasteiger charge is -2.30. The Morgan fingerprint density at radius 1 is 1.47 bits per heavy atom. The molecule has 82 valence electrons. The van der Waals surface area contributed by atoms with Crippen molar-refractivity contribution in [3.05, 3.63) is 35.6 Å². The summed E-state index contributed by atoms with van der Waals surface area (Å²) < 4.78 is 13.1. The predicted molar refractivity (Wildman–Crippen MR) is 63.6 cm³/mol. The van der Waals surface area contributed by atoms with Crippen LogP contribution in [0.1, 0.15) is 17.9 Å². The molecule has 0 spiro atoms. The highest BCUT2D eigenvalue weighted by Crippen LogP contribution is 2.35. The van der Waals surface area contributed by atoms with Gasteiger partial charge in [0.05, 0.1) is 0 Å². The maximum atomic E-state index is 13.1. The molecule has 3 heteroatoms. The number of nitrogens with two attached hydrogens (primary N) is 1. The summed E-state index contributed by atoms with van der Waals surface area (Å²) in [5.41, 5.74) is 6.87. The quantitative estimate of drug-likeness (QED) is 0.837. The smallest absolute Gasteiger partial charge is 0.123 e. The van der Waals surface area contributed by atoms with Crippen LogP contribution < -0.4 is 5.73 Å². The Labute approximate surface area is 94.2 Å². The Morgan fingerprint density at radius 3 is 3.07 bits per heavy atom. The molecule has 1 nitrogen and oxygen atoms in total. The molecule has 2 rings (SSSR count). The van der Waals surface area contributed by atoms with Crippen molar-refractivity contribution in [2.75, 3.05) is 18.1 Å². The lowest BCUT2D eigenvalue weighted by Crippen LogP contribution is -2.27. The van der Waals surface area contributed by atoms with Crippen LogP contribution >= 0.6 is 11.8 Å². The highest BCUT2D eigenvalue weighted by atomic mass is 32.2. The predicted octanol–water partition coefficient (Wildman–Crippen LogP) is 2.62. The van der Waals surface area contributed by atoms with E-state index < -0.39 is 0 Å². The molecule has 0 aliphatic carbocycles. The van der Waals surface area contributed by atoms with Crippen LogP contribution in [0.3, 0.4) is 0 Å². The first kappa shape index (κ1) is 11.0. The number of halogens is 1. The normalized spacial score (nSPS) is 26.5. The van der Waals surface area contributed by atoms with Crippen LogP contribution in [0, 0.1) is 11.7 Å². The van der Waals surface area contributed by atoms with E-state index in [2.05, 4.69) is 0 Å². The molecule has 0 bridgehead atoms. The zero-order chi connectivity index (χ0) is 10.7. The Balaban J connectivity index is 2.20. The van der Waals surface area contributed by atoms with Crippen molar-refractivity contribution in [2.24, 2.45) is 11.7 Å². The summed E-state index contributed by atoms with van der Waals surface area (Å²) >= 11 is 1.94. The molecule has 1 saturated heterocycles. The summed E-state index contributed by atoms with van der Waals surface area (Å²) in [5, 5.41) is 0. The molecule has 0 amide bonds. The molecule has 0 saturated carbocycles. The third kappa shape index (κ3) is 2.52. The zero-order valence-corrected chi connectivity index (χ0v) is 9.47. The topological polar surface area (TPSA) is 26.0 Å². The van der Waals surface area contributed by atoms with Gasteiger partial charge < -0.3 is 5.73 Å². The van der Waals surface area contributed by atoms with Crippen molar-refractivity contribution in [1.29, 1.82) is 0 Å². The number of thioether (sulfide) groups is 1. The highest BCUT2D eigenvalue weighted by Gasteiger charge is 2.25. The van der Waals surface area contributed by atoms with E-state index in [1.807, 2.05) is 17.8 Å². The fourth-order valence-electron chi connectivity index (χ4n) is 2.17. The molecular formula is C12H16FNS. The monoisotopic (exact) mass is 225 g/mol. The minimum atomic E-state index is -0.140. The molecule has 1 fully saturated rings. The second kappa shape index (κ2) is 4.99. The van der Waals surface area contributed by atoms with E-state index in [1.165, 1.54) is 11.8 Å². The fourth-order valence-corrected chi connectivity index (χ4v) is 3.52. The SMILES string of the molecule is NCC1CCSCC1c1cccc(F)c1. The van der Waals surface area contributed by atoms with Crippen LogP contribution in [0.2, 0.25) is 0 Å². The molecule has 0 radical (unpaired) electrons. The summed E-state index contributed by atoms with van der Waals surface area (Å²) in [4.78, 5) is 0. The van der Waals surface area contributed by atoms with Crippen LogP contribution in [-0.2, 0) is 0 Å². The van der Waals surface area contributed by atoms with Crippen LogP contribution in [0.5, 0.6) is 0 Å². The lowest BCUT2D eigenvalue weighted by atomic mass is 9.85. The van der Waals surface area contributed by atoms with Crippen molar-refractivity contribution in [3.63, 3.8) is 0 Å². The van der Waals surface area contributed by atoms with Crippen LogP contribution in [0.15, 0.2) is 24.3 Å². The van der Waals surface area contributed by atoms with Gasteiger partial charge in [0.1, 0.15) is 5.82 Å². The maximum Gasteiger partial charge on any atom is 0.123 e. The zero-order valence-electron chi connectivity index (χ0n) is 8.66. The van der Waals surface area contributed by atoms with Crippen molar-refractivity contribution < 1.29 is 4.39 Å². The van der Waals surface area contributed by atoms with Gasteiger partial charge in [-0.1, -0.05) is 12.1 Å². The molecule has 2 N–H and O–H groups in total. The molecule has 1 aliphatic heterocycles. The van der Waals surface area contributed by atoms with Gasteiger partial charge in [-0.05, 0) is 48.3 Å². The second-order valence-electron chi connectivity index (χ2n) is 4.02. The molecular weight excluding hydrogens is 209 g/mol. The summed E-state index contributed by atoms with van der Waals surface area (Å²) in [6.45, 7) is 0.710. The Kier molecular flexibility index (Phi) is 3.65. The Hall–Kier alpha value is -0.540. The minimum Gasteiger partial charge on any atom is -0.330 e. The summed E-state index contributed by atoms with van der Waals surface area (Å²) in [6.07, 6.45) is 1.16. The van der Waals surface area contributed by atoms with Crippen LogP contribution in [-0.4, -0.2) is 18.1 Å². The van der Waals surface area contributed by atoms with Gasteiger partial charge in [-0.3, -0.25) is 0 Å². The van der Waals surface area contributed by atoms with Crippen LogP contribution in [0.4, 0.5) is 4.39 Å². The largest absolute Gasteiger partial charge is 0.330 e. The molecule has 1 aromatic carbocycles. The minimum absolute atomic E-state index is 0.140. The summed E-state index contributed by atoms with van der Waals surface area (Å²) in [7, 11) is 0. The van der Waals surface area contributed by atoms with Gasteiger partial charge in [-0.25, -0.2) is 4.39 Å². The fraction of sp³-hybridized carbons (Fsp3) is 0.500. The summed E-state index contributed by atoms with van der Waals surface area (Å²) in [6, 6.07) is 6.95. The molecule has 0 aromatic heterocycles.